The van der Waals surface area contributed by atoms with E-state index in [1.165, 1.54) is 0 Å². The predicted molar refractivity (Wildman–Crippen MR) is 38.2 cm³/mol. The molecule has 0 aliphatic rings. The molecule has 0 unspecified atom stereocenters. The summed E-state index contributed by atoms with van der Waals surface area (Å²) in [5, 5.41) is 2.40. The van der Waals surface area contributed by atoms with Gasteiger partial charge in [-0.25, -0.2) is 0 Å². The zero-order valence-electron chi connectivity index (χ0n) is 5.58. The van der Waals surface area contributed by atoms with Crippen LogP contribution >= 0.6 is 11.6 Å². The van der Waals surface area contributed by atoms with Crippen molar-refractivity contribution in [2.45, 2.75) is 6.18 Å². The molecule has 0 aliphatic heterocycles. The molecule has 0 aromatic heterocycles. The largest absolute Gasteiger partial charge is 0.409 e. The predicted octanol–water partition coefficient (Wildman–Crippen LogP) is 2.40. The maximum absolute atomic E-state index is 11.5. The number of alkyl halides is 4. The normalized spacial score (nSPS) is 12.0. The van der Waals surface area contributed by atoms with Crippen LogP contribution in [0.15, 0.2) is 24.4 Å². The highest BCUT2D eigenvalue weighted by Crippen LogP contribution is 2.16. The van der Waals surface area contributed by atoms with Gasteiger partial charge in [0.1, 0.15) is 0 Å². The SMILES string of the molecule is C=C(/C=C/C(F)(F)F)NCCl. The smallest absolute Gasteiger partial charge is 0.372 e. The Bertz CT molecular complexity index is 162. The molecule has 1 N–H and O–H groups in total. The minimum Gasteiger partial charge on any atom is -0.372 e. The summed E-state index contributed by atoms with van der Waals surface area (Å²) < 4.78 is 34.4. The average Bonchev–Trinajstić information content (AvgIpc) is 1.83. The van der Waals surface area contributed by atoms with Gasteiger partial charge in [0.25, 0.3) is 0 Å². The van der Waals surface area contributed by atoms with Gasteiger partial charge in [-0.2, -0.15) is 13.2 Å². The third-order valence-electron chi connectivity index (χ3n) is 0.767. The van der Waals surface area contributed by atoms with E-state index in [4.69, 9.17) is 11.6 Å². The van der Waals surface area contributed by atoms with Crippen molar-refractivity contribution in [1.82, 2.24) is 5.32 Å². The number of hydrogen-bond acceptors (Lipinski definition) is 1. The molecule has 0 rings (SSSR count). The molecule has 11 heavy (non-hydrogen) atoms. The number of nitrogens with one attached hydrogen (secondary N) is 1. The van der Waals surface area contributed by atoms with Crippen LogP contribution in [-0.4, -0.2) is 12.2 Å². The average molecular weight is 186 g/mol. The van der Waals surface area contributed by atoms with Gasteiger partial charge >= 0.3 is 6.18 Å². The molecule has 0 fully saturated rings. The highest BCUT2D eigenvalue weighted by molar-refractivity contribution is 6.17. The molecule has 64 valence electrons. The van der Waals surface area contributed by atoms with Crippen molar-refractivity contribution in [2.75, 3.05) is 6.00 Å². The monoisotopic (exact) mass is 185 g/mol. The molecule has 0 amide bonds. The fourth-order valence-electron chi connectivity index (χ4n) is 0.340. The molecule has 0 aliphatic carbocycles. The molecule has 0 radical (unpaired) electrons. The first kappa shape index (κ1) is 10.4. The van der Waals surface area contributed by atoms with Crippen molar-refractivity contribution >= 4 is 11.6 Å². The first-order chi connectivity index (χ1) is 4.95. The van der Waals surface area contributed by atoms with Gasteiger partial charge in [-0.3, -0.25) is 0 Å². The van der Waals surface area contributed by atoms with Gasteiger partial charge in [0.2, 0.25) is 0 Å². The lowest BCUT2D eigenvalue weighted by Gasteiger charge is -2.00. The molecule has 0 saturated carbocycles. The zero-order valence-corrected chi connectivity index (χ0v) is 6.34. The van der Waals surface area contributed by atoms with Crippen molar-refractivity contribution in [2.24, 2.45) is 0 Å². The highest BCUT2D eigenvalue weighted by atomic mass is 35.5. The van der Waals surface area contributed by atoms with E-state index < -0.39 is 6.18 Å². The summed E-state index contributed by atoms with van der Waals surface area (Å²) in [6, 6.07) is 0.0427. The van der Waals surface area contributed by atoms with Gasteiger partial charge < -0.3 is 5.32 Å². The molecule has 0 saturated heterocycles. The van der Waals surface area contributed by atoms with Crippen LogP contribution in [-0.2, 0) is 0 Å². The van der Waals surface area contributed by atoms with E-state index in [-0.39, 0.29) is 17.8 Å². The summed E-state index contributed by atoms with van der Waals surface area (Å²) in [5.41, 5.74) is 0.136. The Morgan fingerprint density at radius 1 is 1.55 bits per heavy atom. The Hall–Kier alpha value is -0.640. The number of hydrogen-bond donors (Lipinski definition) is 1. The van der Waals surface area contributed by atoms with Crippen LogP contribution in [0.25, 0.3) is 0 Å². The lowest BCUT2D eigenvalue weighted by Crippen LogP contribution is -2.08. The van der Waals surface area contributed by atoms with E-state index in [1.54, 1.807) is 0 Å². The minimum absolute atomic E-state index is 0.0427. The first-order valence-corrected chi connectivity index (χ1v) is 3.24. The van der Waals surface area contributed by atoms with Crippen molar-refractivity contribution < 1.29 is 13.2 Å². The van der Waals surface area contributed by atoms with Crippen LogP contribution < -0.4 is 5.32 Å². The fourth-order valence-corrected chi connectivity index (χ4v) is 0.511. The van der Waals surface area contributed by atoms with Gasteiger partial charge in [0.05, 0.1) is 6.00 Å². The zero-order chi connectivity index (χ0) is 8.91. The van der Waals surface area contributed by atoms with Crippen molar-refractivity contribution in [3.8, 4) is 0 Å². The molecular weight excluding hydrogens is 179 g/mol. The number of halogens is 4. The summed E-state index contributed by atoms with van der Waals surface area (Å²) in [6.45, 7) is 3.27. The topological polar surface area (TPSA) is 12.0 Å². The lowest BCUT2D eigenvalue weighted by molar-refractivity contribution is -0.0798. The minimum atomic E-state index is -4.29. The Morgan fingerprint density at radius 3 is 2.45 bits per heavy atom. The van der Waals surface area contributed by atoms with Crippen molar-refractivity contribution in [3.63, 3.8) is 0 Å². The Labute approximate surface area is 67.5 Å². The molecule has 5 heteroatoms. The highest BCUT2D eigenvalue weighted by Gasteiger charge is 2.21. The maximum Gasteiger partial charge on any atom is 0.409 e. The van der Waals surface area contributed by atoms with Crippen LogP contribution in [0, 0.1) is 0 Å². The first-order valence-electron chi connectivity index (χ1n) is 2.70. The van der Waals surface area contributed by atoms with Crippen molar-refractivity contribution in [3.05, 3.63) is 24.4 Å². The molecule has 0 aromatic rings. The second kappa shape index (κ2) is 4.28. The molecule has 0 atom stereocenters. The van der Waals surface area contributed by atoms with Gasteiger partial charge in [0.15, 0.2) is 0 Å². The van der Waals surface area contributed by atoms with Crippen LogP contribution in [0.2, 0.25) is 0 Å². The standard InChI is InChI=1S/C6H7ClF3N/c1-5(11-4-7)2-3-6(8,9)10/h2-3,11H,1,4H2/b3-2+. The number of allylic oxidation sites excluding steroid dienone is 2. The Balaban J connectivity index is 3.83. The van der Waals surface area contributed by atoms with Gasteiger partial charge in [-0.15, -0.1) is 11.6 Å². The fraction of sp³-hybridized carbons (Fsp3) is 0.333. The quantitative estimate of drug-likeness (QED) is 0.405. The second-order valence-corrected chi connectivity index (χ2v) is 1.98. The van der Waals surface area contributed by atoms with Gasteiger partial charge in [0, 0.05) is 11.8 Å². The van der Waals surface area contributed by atoms with Gasteiger partial charge in [-0.1, -0.05) is 6.58 Å². The molecular formula is C6H7ClF3N. The third-order valence-corrected chi connectivity index (χ3v) is 0.901. The van der Waals surface area contributed by atoms with Crippen LogP contribution in [0.1, 0.15) is 0 Å². The molecule has 1 nitrogen and oxygen atoms in total. The third kappa shape index (κ3) is 7.25. The molecule has 0 bridgehead atoms. The van der Waals surface area contributed by atoms with E-state index in [2.05, 4.69) is 11.9 Å². The van der Waals surface area contributed by atoms with E-state index in [9.17, 15) is 13.2 Å². The van der Waals surface area contributed by atoms with Crippen LogP contribution in [0.5, 0.6) is 0 Å². The van der Waals surface area contributed by atoms with E-state index >= 15 is 0 Å². The summed E-state index contributed by atoms with van der Waals surface area (Å²) >= 11 is 5.16. The molecule has 0 aromatic carbocycles. The van der Waals surface area contributed by atoms with E-state index in [0.717, 1.165) is 6.08 Å². The summed E-state index contributed by atoms with van der Waals surface area (Å²) in [4.78, 5) is 0. The van der Waals surface area contributed by atoms with Crippen LogP contribution in [0.4, 0.5) is 13.2 Å². The number of rotatable bonds is 3. The Kier molecular flexibility index (Phi) is 4.03. The van der Waals surface area contributed by atoms with Gasteiger partial charge in [-0.05, 0) is 6.08 Å². The Morgan fingerprint density at radius 2 is 2.09 bits per heavy atom. The summed E-state index contributed by atoms with van der Waals surface area (Å²) in [6.07, 6.45) is -3.38. The van der Waals surface area contributed by atoms with Crippen LogP contribution in [0.3, 0.4) is 0 Å². The molecule has 0 heterocycles. The van der Waals surface area contributed by atoms with E-state index in [1.807, 2.05) is 0 Å². The lowest BCUT2D eigenvalue weighted by atomic mass is 10.4. The summed E-state index contributed by atoms with van der Waals surface area (Å²) in [7, 11) is 0. The molecule has 0 spiro atoms. The van der Waals surface area contributed by atoms with E-state index in [0.29, 0.717) is 0 Å². The maximum atomic E-state index is 11.5. The second-order valence-electron chi connectivity index (χ2n) is 1.71. The van der Waals surface area contributed by atoms with Crippen molar-refractivity contribution in [1.29, 1.82) is 0 Å². The summed E-state index contributed by atoms with van der Waals surface area (Å²) in [5.74, 6) is 0.